The minimum Gasteiger partial charge on any atom is -0.318 e. The van der Waals surface area contributed by atoms with Gasteiger partial charge in [-0.25, -0.2) is 4.79 Å². The largest absolute Gasteiger partial charge is 0.338 e. The van der Waals surface area contributed by atoms with Crippen LogP contribution < -0.4 is 0 Å². The molecule has 0 amide bonds. The Bertz CT molecular complexity index is 870. The van der Waals surface area contributed by atoms with Crippen molar-refractivity contribution >= 4 is 17.5 Å². The molecule has 0 bridgehead atoms. The van der Waals surface area contributed by atoms with Crippen LogP contribution in [0.15, 0.2) is 16.8 Å². The van der Waals surface area contributed by atoms with Crippen molar-refractivity contribution in [3.05, 3.63) is 11.6 Å². The van der Waals surface area contributed by atoms with Crippen LogP contribution in [0.25, 0.3) is 0 Å². The molecule has 33 heavy (non-hydrogen) atoms. The number of carbonyl (C=O) groups excluding carboxylic acids is 2. The van der Waals surface area contributed by atoms with Crippen molar-refractivity contribution in [2.24, 2.45) is 45.6 Å². The summed E-state index contributed by atoms with van der Waals surface area (Å²) in [4.78, 5) is 32.4. The number of allylic oxidation sites excluding steroid dienone is 1. The van der Waals surface area contributed by atoms with E-state index in [2.05, 4.69) is 37.9 Å². The first-order valence-electron chi connectivity index (χ1n) is 13.4. The smallest absolute Gasteiger partial charge is 0.318 e. The van der Waals surface area contributed by atoms with Crippen LogP contribution in [0.5, 0.6) is 0 Å². The summed E-state index contributed by atoms with van der Waals surface area (Å²) in [6, 6.07) is 0. The Hall–Kier alpha value is -1.49. The van der Waals surface area contributed by atoms with E-state index in [4.69, 9.17) is 4.84 Å². The molecule has 4 fully saturated rings. The van der Waals surface area contributed by atoms with Crippen molar-refractivity contribution in [2.75, 3.05) is 20.1 Å². The topological polar surface area (TPSA) is 59.0 Å². The Morgan fingerprint density at radius 3 is 2.55 bits per heavy atom. The Morgan fingerprint density at radius 2 is 1.79 bits per heavy atom. The molecular weight excluding hydrogens is 412 g/mol. The van der Waals surface area contributed by atoms with Gasteiger partial charge in [0.2, 0.25) is 0 Å². The molecule has 3 saturated carbocycles. The van der Waals surface area contributed by atoms with Crippen LogP contribution in [-0.2, 0) is 14.4 Å². The van der Waals surface area contributed by atoms with Gasteiger partial charge in [0.15, 0.2) is 5.78 Å². The second-order valence-electron chi connectivity index (χ2n) is 12.4. The van der Waals surface area contributed by atoms with Gasteiger partial charge >= 0.3 is 5.97 Å². The summed E-state index contributed by atoms with van der Waals surface area (Å²) >= 11 is 0. The number of hydrogen-bond acceptors (Lipinski definition) is 5. The zero-order valence-corrected chi connectivity index (χ0v) is 21.1. The maximum atomic E-state index is 12.6. The molecule has 5 heteroatoms. The van der Waals surface area contributed by atoms with E-state index in [1.807, 2.05) is 6.08 Å². The lowest BCUT2D eigenvalue weighted by atomic mass is 9.46. The van der Waals surface area contributed by atoms with E-state index < -0.39 is 0 Å². The Morgan fingerprint density at radius 1 is 1.03 bits per heavy atom. The van der Waals surface area contributed by atoms with Crippen LogP contribution >= 0.6 is 0 Å². The molecule has 5 rings (SSSR count). The molecule has 0 aromatic rings. The van der Waals surface area contributed by atoms with Crippen LogP contribution in [0.4, 0.5) is 0 Å². The number of piperidine rings is 1. The molecule has 4 aliphatic carbocycles. The zero-order chi connectivity index (χ0) is 23.4. The third-order valence-electron chi connectivity index (χ3n) is 10.8. The SMILES string of the molecule is C/C(=N\OC(=O)C1CCN(C)CC1)[C@H]1CCC2[C@@H]3CCC4=CC(=O)CC[C@]4(C)C3CC[C@@]21C. The third kappa shape index (κ3) is 3.92. The molecule has 1 heterocycles. The second-order valence-corrected chi connectivity index (χ2v) is 12.4. The van der Waals surface area contributed by atoms with Gasteiger partial charge < -0.3 is 9.74 Å². The Labute approximate surface area is 199 Å². The van der Waals surface area contributed by atoms with Gasteiger partial charge in [-0.1, -0.05) is 24.6 Å². The number of oxime groups is 1. The summed E-state index contributed by atoms with van der Waals surface area (Å²) in [6.45, 7) is 8.94. The van der Waals surface area contributed by atoms with Gasteiger partial charge in [0.1, 0.15) is 0 Å². The number of hydrogen-bond donors (Lipinski definition) is 0. The predicted octanol–water partition coefficient (Wildman–Crippen LogP) is 5.40. The Balaban J connectivity index is 1.28. The lowest BCUT2D eigenvalue weighted by Crippen LogP contribution is -2.51. The van der Waals surface area contributed by atoms with Crippen molar-refractivity contribution in [2.45, 2.75) is 85.0 Å². The monoisotopic (exact) mass is 454 g/mol. The molecule has 0 spiro atoms. The number of rotatable bonds is 3. The van der Waals surface area contributed by atoms with Crippen molar-refractivity contribution in [3.63, 3.8) is 0 Å². The summed E-state index contributed by atoms with van der Waals surface area (Å²) in [7, 11) is 2.10. The lowest BCUT2D eigenvalue weighted by Gasteiger charge is -2.58. The zero-order valence-electron chi connectivity index (χ0n) is 21.1. The maximum Gasteiger partial charge on any atom is 0.338 e. The van der Waals surface area contributed by atoms with E-state index in [-0.39, 0.29) is 22.7 Å². The number of ketones is 1. The van der Waals surface area contributed by atoms with Gasteiger partial charge in [-0.05, 0) is 120 Å². The quantitative estimate of drug-likeness (QED) is 0.326. The fraction of sp³-hybridized carbons (Fsp3) is 0.821. The van der Waals surface area contributed by atoms with Crippen LogP contribution in [0.1, 0.15) is 85.0 Å². The molecular formula is C28H42N2O3. The molecule has 2 unspecified atom stereocenters. The summed E-state index contributed by atoms with van der Waals surface area (Å²) in [6.07, 6.45) is 12.7. The van der Waals surface area contributed by atoms with Gasteiger partial charge in [-0.2, -0.15) is 0 Å². The molecule has 1 saturated heterocycles. The number of likely N-dealkylation sites (tertiary alicyclic amines) is 1. The average Bonchev–Trinajstić information content (AvgIpc) is 3.15. The fourth-order valence-corrected chi connectivity index (χ4v) is 8.75. The van der Waals surface area contributed by atoms with E-state index in [9.17, 15) is 9.59 Å². The van der Waals surface area contributed by atoms with Gasteiger partial charge in [0, 0.05) is 12.3 Å². The molecule has 0 aromatic heterocycles. The van der Waals surface area contributed by atoms with Crippen molar-refractivity contribution in [1.82, 2.24) is 4.90 Å². The minimum absolute atomic E-state index is 0.00675. The van der Waals surface area contributed by atoms with Crippen LogP contribution in [0.2, 0.25) is 0 Å². The Kier molecular flexibility index (Phi) is 6.08. The normalized spacial score (nSPS) is 42.2. The molecule has 0 radical (unpaired) electrons. The number of nitrogens with zero attached hydrogens (tertiary/aromatic N) is 2. The molecule has 1 aliphatic heterocycles. The standard InChI is InChI=1S/C28H42N2O3/c1-18(29-33-26(32)19-11-15-30(4)16-12-19)23-7-8-24-22-6-5-20-17-21(31)9-13-27(20,2)25(22)10-14-28(23,24)3/h17,19,22-25H,5-16H2,1-4H3/b29-18+/t22-,23+,24?,25?,27-,28+/m0/s1. The molecule has 182 valence electrons. The van der Waals surface area contributed by atoms with E-state index in [0.717, 1.165) is 63.2 Å². The maximum absolute atomic E-state index is 12.6. The fourth-order valence-electron chi connectivity index (χ4n) is 8.75. The summed E-state index contributed by atoms with van der Waals surface area (Å²) in [5.74, 6) is 2.77. The van der Waals surface area contributed by atoms with Crippen LogP contribution in [0, 0.1) is 40.4 Å². The minimum atomic E-state index is -0.141. The highest BCUT2D eigenvalue weighted by Crippen LogP contribution is 2.66. The first kappa shape index (κ1) is 23.3. The van der Waals surface area contributed by atoms with Crippen LogP contribution in [0.3, 0.4) is 0 Å². The van der Waals surface area contributed by atoms with Crippen molar-refractivity contribution in [1.29, 1.82) is 0 Å². The van der Waals surface area contributed by atoms with E-state index >= 15 is 0 Å². The van der Waals surface area contributed by atoms with Crippen LogP contribution in [-0.4, -0.2) is 42.5 Å². The first-order valence-corrected chi connectivity index (χ1v) is 13.4. The van der Waals surface area contributed by atoms with Crippen molar-refractivity contribution in [3.8, 4) is 0 Å². The van der Waals surface area contributed by atoms with E-state index in [1.165, 1.54) is 31.3 Å². The highest BCUT2D eigenvalue weighted by Gasteiger charge is 2.59. The summed E-state index contributed by atoms with van der Waals surface area (Å²) in [5.41, 5.74) is 2.93. The number of fused-ring (bicyclic) bond motifs is 5. The van der Waals surface area contributed by atoms with E-state index in [1.54, 1.807) is 0 Å². The first-order chi connectivity index (χ1) is 15.7. The van der Waals surface area contributed by atoms with Gasteiger partial charge in [0.25, 0.3) is 0 Å². The molecule has 5 nitrogen and oxygen atoms in total. The molecule has 0 N–H and O–H groups in total. The summed E-state index contributed by atoms with van der Waals surface area (Å²) in [5, 5.41) is 4.44. The molecule has 5 aliphatic rings. The predicted molar refractivity (Wildman–Crippen MR) is 130 cm³/mol. The average molecular weight is 455 g/mol. The number of carbonyl (C=O) groups is 2. The van der Waals surface area contributed by atoms with Gasteiger partial charge in [-0.15, -0.1) is 0 Å². The second kappa shape index (κ2) is 8.62. The molecule has 0 aromatic carbocycles. The summed E-state index contributed by atoms with van der Waals surface area (Å²) < 4.78 is 0. The third-order valence-corrected chi connectivity index (χ3v) is 10.8. The molecule has 6 atom stereocenters. The van der Waals surface area contributed by atoms with Crippen molar-refractivity contribution < 1.29 is 14.4 Å². The van der Waals surface area contributed by atoms with Gasteiger partial charge in [0.05, 0.1) is 11.6 Å². The lowest BCUT2D eigenvalue weighted by molar-refractivity contribution is -0.150. The van der Waals surface area contributed by atoms with Gasteiger partial charge in [-0.3, -0.25) is 4.79 Å². The highest BCUT2D eigenvalue weighted by molar-refractivity contribution is 5.91. The highest BCUT2D eigenvalue weighted by atomic mass is 16.7. The van der Waals surface area contributed by atoms with E-state index in [0.29, 0.717) is 23.5 Å².